The minimum atomic E-state index is 0. The lowest BCUT2D eigenvalue weighted by Gasteiger charge is -2.13. The summed E-state index contributed by atoms with van der Waals surface area (Å²) in [6.07, 6.45) is 0.869. The highest BCUT2D eigenvalue weighted by molar-refractivity contribution is 14.0. The first-order valence-electron chi connectivity index (χ1n) is 8.53. The van der Waals surface area contributed by atoms with E-state index in [1.165, 1.54) is 5.56 Å². The number of rotatable bonds is 8. The van der Waals surface area contributed by atoms with Crippen molar-refractivity contribution in [2.75, 3.05) is 27.3 Å². The molecule has 2 aromatic carbocycles. The summed E-state index contributed by atoms with van der Waals surface area (Å²) in [5, 5.41) is 6.64. The maximum absolute atomic E-state index is 5.39. The Hall–Kier alpha value is -1.96. The van der Waals surface area contributed by atoms with Gasteiger partial charge in [0.05, 0.1) is 20.8 Å². The summed E-state index contributed by atoms with van der Waals surface area (Å²) >= 11 is 0. The van der Waals surface area contributed by atoms with E-state index in [0.29, 0.717) is 6.54 Å². The van der Waals surface area contributed by atoms with Crippen LogP contribution in [0.25, 0.3) is 0 Å². The van der Waals surface area contributed by atoms with Crippen LogP contribution in [0, 0.1) is 0 Å². The van der Waals surface area contributed by atoms with E-state index in [1.807, 2.05) is 42.5 Å². The van der Waals surface area contributed by atoms with E-state index >= 15 is 0 Å². The molecular weight excluding hydrogens is 441 g/mol. The fourth-order valence-electron chi connectivity index (χ4n) is 2.51. The lowest BCUT2D eigenvalue weighted by Crippen LogP contribution is -2.38. The van der Waals surface area contributed by atoms with E-state index in [1.54, 1.807) is 14.2 Å². The maximum Gasteiger partial charge on any atom is 0.191 e. The smallest absolute Gasteiger partial charge is 0.191 e. The van der Waals surface area contributed by atoms with E-state index in [4.69, 9.17) is 9.47 Å². The summed E-state index contributed by atoms with van der Waals surface area (Å²) in [7, 11) is 3.37. The first-order chi connectivity index (χ1) is 12.3. The minimum absolute atomic E-state index is 0. The number of nitrogens with one attached hydrogen (secondary N) is 2. The summed E-state index contributed by atoms with van der Waals surface area (Å²) in [4.78, 5) is 4.64. The van der Waals surface area contributed by atoms with Gasteiger partial charge in [0.1, 0.15) is 11.5 Å². The zero-order valence-electron chi connectivity index (χ0n) is 15.6. The van der Waals surface area contributed by atoms with Gasteiger partial charge in [0.2, 0.25) is 0 Å². The van der Waals surface area contributed by atoms with Gasteiger partial charge in [-0.1, -0.05) is 30.3 Å². The molecule has 0 aliphatic heterocycles. The molecule has 0 atom stereocenters. The third-order valence-corrected chi connectivity index (χ3v) is 3.78. The van der Waals surface area contributed by atoms with Crippen LogP contribution in [0.15, 0.2) is 53.5 Å². The molecule has 0 bridgehead atoms. The predicted molar refractivity (Wildman–Crippen MR) is 118 cm³/mol. The molecule has 0 fully saturated rings. The summed E-state index contributed by atoms with van der Waals surface area (Å²) in [6, 6.07) is 16.0. The number of guanidine groups is 1. The molecule has 2 aromatic rings. The number of aliphatic imine (C=N–C) groups is 1. The Morgan fingerprint density at radius 1 is 1.00 bits per heavy atom. The third kappa shape index (κ3) is 7.11. The Labute approximate surface area is 173 Å². The third-order valence-electron chi connectivity index (χ3n) is 3.78. The lowest BCUT2D eigenvalue weighted by atomic mass is 10.1. The zero-order chi connectivity index (χ0) is 17.9. The van der Waals surface area contributed by atoms with Crippen LogP contribution in [0.1, 0.15) is 18.1 Å². The van der Waals surface area contributed by atoms with Gasteiger partial charge in [0.25, 0.3) is 0 Å². The molecule has 0 saturated heterocycles. The quantitative estimate of drug-likeness (QED) is 0.353. The second-order valence-electron chi connectivity index (χ2n) is 5.54. The zero-order valence-corrected chi connectivity index (χ0v) is 17.9. The van der Waals surface area contributed by atoms with Gasteiger partial charge >= 0.3 is 0 Å². The van der Waals surface area contributed by atoms with Crippen molar-refractivity contribution in [3.05, 3.63) is 59.7 Å². The predicted octanol–water partition coefficient (Wildman–Crippen LogP) is 3.62. The number of nitrogens with zero attached hydrogens (tertiary/aromatic N) is 1. The molecule has 2 N–H and O–H groups in total. The fourth-order valence-corrected chi connectivity index (χ4v) is 2.51. The average molecular weight is 469 g/mol. The van der Waals surface area contributed by atoms with Crippen molar-refractivity contribution < 1.29 is 9.47 Å². The van der Waals surface area contributed by atoms with Crippen molar-refractivity contribution in [2.45, 2.75) is 19.9 Å². The number of hydrogen-bond donors (Lipinski definition) is 2. The Kier molecular flexibility index (Phi) is 10.5. The van der Waals surface area contributed by atoms with Crippen LogP contribution in [0.5, 0.6) is 11.5 Å². The van der Waals surface area contributed by atoms with Crippen LogP contribution in [-0.2, 0) is 13.0 Å². The molecule has 0 aromatic heterocycles. The van der Waals surface area contributed by atoms with Crippen molar-refractivity contribution in [3.8, 4) is 11.5 Å². The normalized spacial score (nSPS) is 10.7. The minimum Gasteiger partial charge on any atom is -0.497 e. The van der Waals surface area contributed by atoms with E-state index in [2.05, 4.69) is 28.6 Å². The van der Waals surface area contributed by atoms with Gasteiger partial charge in [-0.3, -0.25) is 0 Å². The summed E-state index contributed by atoms with van der Waals surface area (Å²) in [6.45, 7) is 4.26. The van der Waals surface area contributed by atoms with Gasteiger partial charge in [-0.15, -0.1) is 24.0 Å². The van der Waals surface area contributed by atoms with Gasteiger partial charge in [0, 0.05) is 13.1 Å². The summed E-state index contributed by atoms with van der Waals surface area (Å²) in [5.41, 5.74) is 2.29. The van der Waals surface area contributed by atoms with Gasteiger partial charge < -0.3 is 20.1 Å². The van der Waals surface area contributed by atoms with Crippen molar-refractivity contribution in [2.24, 2.45) is 4.99 Å². The van der Waals surface area contributed by atoms with Gasteiger partial charge in [-0.05, 0) is 42.7 Å². The number of halogens is 1. The van der Waals surface area contributed by atoms with Crippen molar-refractivity contribution in [1.82, 2.24) is 10.6 Å². The van der Waals surface area contributed by atoms with Crippen LogP contribution in [0.3, 0.4) is 0 Å². The van der Waals surface area contributed by atoms with Gasteiger partial charge in [-0.2, -0.15) is 0 Å². The van der Waals surface area contributed by atoms with Gasteiger partial charge in [-0.25, -0.2) is 4.99 Å². The molecule has 26 heavy (non-hydrogen) atoms. The standard InChI is InChI=1S/C20H27N3O2.HI/c1-4-21-20(23-15-16-8-7-10-18(14-16)24-2)22-13-12-17-9-5-6-11-19(17)25-3;/h5-11,14H,4,12-13,15H2,1-3H3,(H2,21,22,23);1H. The van der Waals surface area contributed by atoms with Crippen molar-refractivity contribution in [1.29, 1.82) is 0 Å². The van der Waals surface area contributed by atoms with E-state index in [-0.39, 0.29) is 24.0 Å². The van der Waals surface area contributed by atoms with Crippen LogP contribution in [0.2, 0.25) is 0 Å². The molecule has 142 valence electrons. The van der Waals surface area contributed by atoms with Gasteiger partial charge in [0.15, 0.2) is 5.96 Å². The molecular formula is C20H28IN3O2. The number of ether oxygens (including phenoxy) is 2. The first-order valence-corrected chi connectivity index (χ1v) is 8.53. The number of para-hydroxylation sites is 1. The highest BCUT2D eigenvalue weighted by Gasteiger charge is 2.03. The molecule has 0 unspecified atom stereocenters. The highest BCUT2D eigenvalue weighted by atomic mass is 127. The first kappa shape index (κ1) is 22.1. The molecule has 0 radical (unpaired) electrons. The Morgan fingerprint density at radius 3 is 2.54 bits per heavy atom. The van der Waals surface area contributed by atoms with Crippen molar-refractivity contribution in [3.63, 3.8) is 0 Å². The number of hydrogen-bond acceptors (Lipinski definition) is 3. The monoisotopic (exact) mass is 469 g/mol. The van der Waals surface area contributed by atoms with E-state index in [9.17, 15) is 0 Å². The molecule has 0 heterocycles. The SMILES string of the molecule is CCNC(=NCc1cccc(OC)c1)NCCc1ccccc1OC.I. The van der Waals surface area contributed by atoms with E-state index < -0.39 is 0 Å². The molecule has 0 saturated carbocycles. The Balaban J connectivity index is 0.00000338. The summed E-state index contributed by atoms with van der Waals surface area (Å²) in [5.74, 6) is 2.57. The van der Waals surface area contributed by atoms with Crippen molar-refractivity contribution >= 4 is 29.9 Å². The van der Waals surface area contributed by atoms with Crippen LogP contribution in [0.4, 0.5) is 0 Å². The highest BCUT2D eigenvalue weighted by Crippen LogP contribution is 2.17. The molecule has 0 aliphatic rings. The topological polar surface area (TPSA) is 54.9 Å². The Morgan fingerprint density at radius 2 is 1.81 bits per heavy atom. The second kappa shape index (κ2) is 12.4. The lowest BCUT2D eigenvalue weighted by molar-refractivity contribution is 0.409. The number of benzene rings is 2. The second-order valence-corrected chi connectivity index (χ2v) is 5.54. The molecule has 0 spiro atoms. The fraction of sp³-hybridized carbons (Fsp3) is 0.350. The molecule has 0 aliphatic carbocycles. The molecule has 2 rings (SSSR count). The maximum atomic E-state index is 5.39. The van der Waals surface area contributed by atoms with Crippen LogP contribution in [-0.4, -0.2) is 33.3 Å². The molecule has 6 heteroatoms. The van der Waals surface area contributed by atoms with Crippen LogP contribution < -0.4 is 20.1 Å². The largest absolute Gasteiger partial charge is 0.497 e. The Bertz CT molecular complexity index is 692. The summed E-state index contributed by atoms with van der Waals surface area (Å²) < 4.78 is 10.6. The van der Waals surface area contributed by atoms with Crippen LogP contribution >= 0.6 is 24.0 Å². The molecule has 0 amide bonds. The molecule has 5 nitrogen and oxygen atoms in total. The number of methoxy groups -OCH3 is 2. The van der Waals surface area contributed by atoms with E-state index in [0.717, 1.165) is 42.5 Å². The average Bonchev–Trinajstić information content (AvgIpc) is 2.66.